The highest BCUT2D eigenvalue weighted by Gasteiger charge is 2.14. The second kappa shape index (κ2) is 6.19. The van der Waals surface area contributed by atoms with E-state index >= 15 is 0 Å². The summed E-state index contributed by atoms with van der Waals surface area (Å²) >= 11 is 10.5. The molecule has 10 heteroatoms. The zero-order chi connectivity index (χ0) is 15.7. The van der Waals surface area contributed by atoms with Crippen molar-refractivity contribution in [1.82, 2.24) is 24.8 Å². The summed E-state index contributed by atoms with van der Waals surface area (Å²) in [7, 11) is 1.54. The zero-order valence-corrected chi connectivity index (χ0v) is 14.4. The van der Waals surface area contributed by atoms with Crippen LogP contribution in [0.4, 0.5) is 0 Å². The van der Waals surface area contributed by atoms with Crippen LogP contribution in [0.15, 0.2) is 33.7 Å². The molecule has 0 atom stereocenters. The molecule has 0 unspecified atom stereocenters. The van der Waals surface area contributed by atoms with E-state index in [2.05, 4.69) is 31.3 Å². The van der Waals surface area contributed by atoms with Crippen molar-refractivity contribution in [2.45, 2.75) is 6.61 Å². The lowest BCUT2D eigenvalue weighted by Crippen LogP contribution is -2.23. The number of rotatable bonds is 4. The van der Waals surface area contributed by atoms with E-state index in [0.29, 0.717) is 15.2 Å². The highest BCUT2D eigenvalue weighted by Crippen LogP contribution is 2.28. The lowest BCUT2D eigenvalue weighted by Gasteiger charge is -2.10. The van der Waals surface area contributed by atoms with Gasteiger partial charge in [-0.2, -0.15) is 9.36 Å². The molecule has 2 aromatic heterocycles. The van der Waals surface area contributed by atoms with Gasteiger partial charge in [0.15, 0.2) is 0 Å². The van der Waals surface area contributed by atoms with Gasteiger partial charge in [0.2, 0.25) is 0 Å². The number of ether oxygens (including phenoxy) is 1. The van der Waals surface area contributed by atoms with Gasteiger partial charge in [0.1, 0.15) is 10.9 Å². The number of benzene rings is 1. The molecule has 0 amide bonds. The summed E-state index contributed by atoms with van der Waals surface area (Å²) in [5, 5.41) is 8.03. The maximum Gasteiger partial charge on any atom is 0.368 e. The van der Waals surface area contributed by atoms with Gasteiger partial charge in [-0.1, -0.05) is 44.9 Å². The molecule has 0 saturated heterocycles. The van der Waals surface area contributed by atoms with Crippen LogP contribution < -0.4 is 10.4 Å². The summed E-state index contributed by atoms with van der Waals surface area (Å²) in [6, 6.07) is 5.44. The number of aryl methyl sites for hydroxylation is 1. The number of aromatic nitrogens is 5. The average Bonchev–Trinajstić information content (AvgIpc) is 3.05. The molecule has 3 aromatic rings. The summed E-state index contributed by atoms with van der Waals surface area (Å²) in [5.74, 6) is 0. The second-order valence-electron chi connectivity index (χ2n) is 4.25. The van der Waals surface area contributed by atoms with Crippen molar-refractivity contribution < 1.29 is 4.74 Å². The molecular weight excluding hydrogens is 394 g/mol. The van der Waals surface area contributed by atoms with Gasteiger partial charge < -0.3 is 4.74 Å². The Labute approximate surface area is 142 Å². The Morgan fingerprint density at radius 3 is 2.86 bits per heavy atom. The van der Waals surface area contributed by atoms with Crippen molar-refractivity contribution in [2.75, 3.05) is 0 Å². The summed E-state index contributed by atoms with van der Waals surface area (Å²) in [6.07, 6.45) is 1.52. The fraction of sp³-hybridized carbons (Fsp3) is 0.167. The smallest absolute Gasteiger partial charge is 0.368 e. The van der Waals surface area contributed by atoms with Crippen molar-refractivity contribution >= 4 is 38.9 Å². The first-order chi connectivity index (χ1) is 10.6. The topological polar surface area (TPSA) is 74.8 Å². The molecule has 2 heterocycles. The minimum atomic E-state index is -0.336. The van der Waals surface area contributed by atoms with Crippen molar-refractivity contribution in [3.63, 3.8) is 0 Å². The first-order valence-corrected chi connectivity index (χ1v) is 8.06. The molecule has 0 aliphatic carbocycles. The highest BCUT2D eigenvalue weighted by atomic mass is 79.9. The van der Waals surface area contributed by atoms with Gasteiger partial charge in [0, 0.05) is 17.1 Å². The molecule has 0 bridgehead atoms. The highest BCUT2D eigenvalue weighted by molar-refractivity contribution is 9.10. The first-order valence-electron chi connectivity index (χ1n) is 6.07. The van der Waals surface area contributed by atoms with Crippen LogP contribution in [-0.2, 0) is 13.7 Å². The second-order valence-corrected chi connectivity index (χ2v) is 6.73. The number of nitrogens with zero attached hydrogens (tertiary/aromatic N) is 5. The molecule has 0 fully saturated rings. The van der Waals surface area contributed by atoms with Crippen LogP contribution in [0, 0.1) is 0 Å². The molecule has 1 aromatic carbocycles. The third kappa shape index (κ3) is 2.92. The zero-order valence-electron chi connectivity index (χ0n) is 11.2. The van der Waals surface area contributed by atoms with Gasteiger partial charge in [-0.05, 0) is 22.6 Å². The Hall–Kier alpha value is -1.71. The molecule has 0 N–H and O–H groups in total. The van der Waals surface area contributed by atoms with Crippen molar-refractivity contribution in [2.24, 2.45) is 7.05 Å². The van der Waals surface area contributed by atoms with Gasteiger partial charge in [-0.3, -0.25) is 0 Å². The predicted molar refractivity (Wildman–Crippen MR) is 85.8 cm³/mol. The van der Waals surface area contributed by atoms with Crippen molar-refractivity contribution in [3.8, 4) is 10.9 Å². The molecule has 3 rings (SSSR count). The average molecular weight is 403 g/mol. The Bertz CT molecular complexity index is 875. The van der Waals surface area contributed by atoms with E-state index in [0.717, 1.165) is 14.7 Å². The Kier molecular flexibility index (Phi) is 4.27. The molecule has 0 aliphatic rings. The largest absolute Gasteiger partial charge is 0.465 e. The first kappa shape index (κ1) is 15.2. The molecule has 0 saturated carbocycles. The molecule has 22 heavy (non-hydrogen) atoms. The van der Waals surface area contributed by atoms with E-state index in [4.69, 9.17) is 16.3 Å². The van der Waals surface area contributed by atoms with Crippen LogP contribution in [0.3, 0.4) is 0 Å². The number of tetrazole rings is 1. The molecule has 0 spiro atoms. The molecule has 114 valence electrons. The van der Waals surface area contributed by atoms with E-state index in [-0.39, 0.29) is 12.3 Å². The normalized spacial score (nSPS) is 10.9. The van der Waals surface area contributed by atoms with E-state index in [1.165, 1.54) is 29.3 Å². The monoisotopic (exact) mass is 401 g/mol. The molecular formula is C12H9BrClN5O2S. The van der Waals surface area contributed by atoms with Gasteiger partial charge in [0.05, 0.1) is 11.9 Å². The van der Waals surface area contributed by atoms with Crippen LogP contribution in [0.2, 0.25) is 4.34 Å². The number of thiazole rings is 1. The third-order valence-electron chi connectivity index (χ3n) is 2.84. The van der Waals surface area contributed by atoms with Gasteiger partial charge in [0.25, 0.3) is 5.19 Å². The third-order valence-corrected chi connectivity index (χ3v) is 4.61. The quantitative estimate of drug-likeness (QED) is 0.670. The molecule has 7 nitrogen and oxygen atoms in total. The summed E-state index contributed by atoms with van der Waals surface area (Å²) in [5.41, 5.74) is 1.02. The number of hydrogen-bond donors (Lipinski definition) is 0. The lowest BCUT2D eigenvalue weighted by molar-refractivity contribution is 0.303. The Morgan fingerprint density at radius 1 is 1.41 bits per heavy atom. The van der Waals surface area contributed by atoms with Crippen LogP contribution in [-0.4, -0.2) is 24.8 Å². The van der Waals surface area contributed by atoms with Crippen molar-refractivity contribution in [1.29, 1.82) is 0 Å². The summed E-state index contributed by atoms with van der Waals surface area (Å²) in [6.45, 7) is 0.212. The predicted octanol–water partition coefficient (Wildman–Crippen LogP) is 2.42. The minimum absolute atomic E-state index is 0.212. The van der Waals surface area contributed by atoms with Gasteiger partial charge in [-0.25, -0.2) is 9.78 Å². The lowest BCUT2D eigenvalue weighted by atomic mass is 10.2. The maximum atomic E-state index is 12.0. The van der Waals surface area contributed by atoms with E-state index in [1.807, 2.05) is 12.1 Å². The van der Waals surface area contributed by atoms with Crippen LogP contribution in [0.1, 0.15) is 5.56 Å². The molecule has 0 radical (unpaired) electrons. The fourth-order valence-corrected chi connectivity index (χ4v) is 3.01. The minimum Gasteiger partial charge on any atom is -0.465 e. The Balaban J connectivity index is 1.96. The fourth-order valence-electron chi connectivity index (χ4n) is 1.79. The van der Waals surface area contributed by atoms with Gasteiger partial charge >= 0.3 is 5.69 Å². The summed E-state index contributed by atoms with van der Waals surface area (Å²) < 4.78 is 9.35. The van der Waals surface area contributed by atoms with E-state index in [9.17, 15) is 4.79 Å². The SMILES string of the molecule is Cn1nnn(-c2cccc(Br)c2COc2ncc(Cl)s2)c1=O. The number of hydrogen-bond acceptors (Lipinski definition) is 6. The summed E-state index contributed by atoms with van der Waals surface area (Å²) in [4.78, 5) is 16.1. The van der Waals surface area contributed by atoms with Crippen LogP contribution in [0.25, 0.3) is 5.69 Å². The van der Waals surface area contributed by atoms with Crippen LogP contribution >= 0.6 is 38.9 Å². The van der Waals surface area contributed by atoms with Crippen molar-refractivity contribution in [3.05, 3.63) is 49.3 Å². The number of halogens is 2. The maximum absolute atomic E-state index is 12.0. The van der Waals surface area contributed by atoms with E-state index < -0.39 is 0 Å². The Morgan fingerprint density at radius 2 is 2.23 bits per heavy atom. The standard InChI is InChI=1S/C12H9BrClN5O2S/c1-18-12(20)19(17-16-18)9-4-2-3-8(13)7(9)6-21-11-15-5-10(14)22-11/h2-5H,6H2,1H3. The molecule has 0 aliphatic heterocycles. The van der Waals surface area contributed by atoms with Gasteiger partial charge in [-0.15, -0.1) is 0 Å². The van der Waals surface area contributed by atoms with E-state index in [1.54, 1.807) is 6.07 Å². The van der Waals surface area contributed by atoms with Crippen LogP contribution in [0.5, 0.6) is 5.19 Å².